The van der Waals surface area contributed by atoms with Crippen LogP contribution in [0.1, 0.15) is 13.8 Å². The number of hydrogen-bond acceptors (Lipinski definition) is 5. The molecule has 1 aliphatic heterocycles. The Kier molecular flexibility index (Phi) is 5.76. The lowest BCUT2D eigenvalue weighted by molar-refractivity contribution is 0.373. The molecule has 1 aliphatic rings. The van der Waals surface area contributed by atoms with E-state index in [0.717, 1.165) is 0 Å². The van der Waals surface area contributed by atoms with Crippen LogP contribution in [0.5, 0.6) is 0 Å². The van der Waals surface area contributed by atoms with Crippen molar-refractivity contribution in [1.82, 2.24) is 0 Å². The van der Waals surface area contributed by atoms with Gasteiger partial charge in [-0.05, 0) is 58.8 Å². The van der Waals surface area contributed by atoms with Crippen LogP contribution in [0, 0.1) is 0 Å². The minimum absolute atomic E-state index is 0.334. The molecule has 16 heavy (non-hydrogen) atoms. The van der Waals surface area contributed by atoms with Crippen molar-refractivity contribution in [3.05, 3.63) is 0 Å². The fourth-order valence-electron chi connectivity index (χ4n) is 0.887. The first-order chi connectivity index (χ1) is 7.24. The maximum atomic E-state index is 6.10. The quantitative estimate of drug-likeness (QED) is 0.510. The van der Waals surface area contributed by atoms with E-state index in [-0.39, 0.29) is 0 Å². The van der Waals surface area contributed by atoms with Crippen molar-refractivity contribution in [2.75, 3.05) is 13.2 Å². The molecule has 0 amide bonds. The second-order valence-electron chi connectivity index (χ2n) is 2.51. The summed E-state index contributed by atoms with van der Waals surface area (Å²) < 4.78 is 22.4. The van der Waals surface area contributed by atoms with Gasteiger partial charge in [0.25, 0.3) is 19.5 Å². The normalized spacial score (nSPS) is 37.1. The molecule has 0 N–H and O–H groups in total. The Morgan fingerprint density at radius 3 is 1.69 bits per heavy atom. The molecule has 0 aliphatic carbocycles. The van der Waals surface area contributed by atoms with Crippen LogP contribution in [-0.4, -0.2) is 13.2 Å². The molecule has 0 saturated heterocycles. The Morgan fingerprint density at radius 1 is 0.812 bits per heavy atom. The lowest BCUT2D eigenvalue weighted by Gasteiger charge is -2.23. The van der Waals surface area contributed by atoms with Crippen molar-refractivity contribution >= 4 is 64.4 Å². The highest BCUT2D eigenvalue weighted by atomic mass is 35.9. The highest BCUT2D eigenvalue weighted by Gasteiger charge is 2.34. The van der Waals surface area contributed by atoms with E-state index in [1.165, 1.54) is 0 Å². The van der Waals surface area contributed by atoms with E-state index >= 15 is 0 Å². The van der Waals surface area contributed by atoms with Crippen molar-refractivity contribution in [1.29, 1.82) is 0 Å². The van der Waals surface area contributed by atoms with E-state index in [9.17, 15) is 0 Å². The Morgan fingerprint density at radius 2 is 1.25 bits per heavy atom. The molecule has 0 radical (unpaired) electrons. The zero-order valence-electron chi connectivity index (χ0n) is 8.43. The first-order valence-electron chi connectivity index (χ1n) is 4.23. The molecule has 2 atom stereocenters. The zero-order valence-corrected chi connectivity index (χ0v) is 14.1. The molecular formula is C4H10Cl4N3O2P3. The van der Waals surface area contributed by atoms with Crippen molar-refractivity contribution in [3.63, 3.8) is 0 Å². The van der Waals surface area contributed by atoms with E-state index in [2.05, 4.69) is 13.5 Å². The highest BCUT2D eigenvalue weighted by Crippen LogP contribution is 2.85. The molecule has 96 valence electrons. The molecule has 0 saturated carbocycles. The number of rotatable bonds is 4. The molecule has 0 fully saturated rings. The summed E-state index contributed by atoms with van der Waals surface area (Å²) in [7, 11) is 0. The number of nitrogens with zero attached hydrogens (tertiary/aromatic N) is 3. The van der Waals surface area contributed by atoms with Crippen LogP contribution in [-0.2, 0) is 9.05 Å². The van der Waals surface area contributed by atoms with E-state index in [4.69, 9.17) is 54.0 Å². The molecular weight excluding hydrogens is 357 g/mol. The van der Waals surface area contributed by atoms with Gasteiger partial charge < -0.3 is 9.05 Å². The van der Waals surface area contributed by atoms with Crippen molar-refractivity contribution in [2.45, 2.75) is 13.8 Å². The van der Waals surface area contributed by atoms with E-state index in [1.807, 2.05) is 0 Å². The van der Waals surface area contributed by atoms with Gasteiger partial charge in [0.2, 0.25) is 0 Å². The molecule has 0 aromatic heterocycles. The molecule has 0 bridgehead atoms. The van der Waals surface area contributed by atoms with Crippen LogP contribution in [0.3, 0.4) is 0 Å². The van der Waals surface area contributed by atoms with Crippen LogP contribution in [0.25, 0.3) is 0 Å². The summed E-state index contributed by atoms with van der Waals surface area (Å²) >= 11 is 24.0. The Bertz CT molecular complexity index is 421. The van der Waals surface area contributed by atoms with Gasteiger partial charge in [0.05, 0.1) is 13.2 Å². The molecule has 0 aromatic rings. The van der Waals surface area contributed by atoms with Gasteiger partial charge in [-0.2, -0.15) is 13.5 Å². The largest absolute Gasteiger partial charge is 0.316 e. The topological polar surface area (TPSA) is 55.5 Å². The summed E-state index contributed by atoms with van der Waals surface area (Å²) in [5, 5.41) is 0. The van der Waals surface area contributed by atoms with Crippen molar-refractivity contribution in [2.24, 2.45) is 13.5 Å². The van der Waals surface area contributed by atoms with E-state index in [0.29, 0.717) is 13.2 Å². The third-order valence-electron chi connectivity index (χ3n) is 1.24. The predicted molar refractivity (Wildman–Crippen MR) is 74.7 cm³/mol. The lowest BCUT2D eigenvalue weighted by Crippen LogP contribution is -1.86. The fraction of sp³-hybridized carbons (Fsp3) is 1.00. The van der Waals surface area contributed by atoms with E-state index in [1.54, 1.807) is 13.8 Å². The third kappa shape index (κ3) is 4.46. The van der Waals surface area contributed by atoms with E-state index < -0.39 is 19.5 Å². The van der Waals surface area contributed by atoms with Gasteiger partial charge >= 0.3 is 0 Å². The second-order valence-corrected chi connectivity index (χ2v) is 14.0. The molecule has 12 heteroatoms. The van der Waals surface area contributed by atoms with Crippen LogP contribution in [0.15, 0.2) is 13.5 Å². The second kappa shape index (κ2) is 5.82. The molecule has 0 spiro atoms. The minimum atomic E-state index is -2.95. The Balaban J connectivity index is 3.30. The van der Waals surface area contributed by atoms with Crippen LogP contribution >= 0.6 is 64.4 Å². The molecule has 5 nitrogen and oxygen atoms in total. The fourth-order valence-corrected chi connectivity index (χ4v) is 15.8. The van der Waals surface area contributed by atoms with Gasteiger partial charge in [0.15, 0.2) is 0 Å². The SMILES string of the molecule is CCOP1(Cl)=NP(Cl)(Cl)=NP(Cl)(OCC)=N1. The highest BCUT2D eigenvalue weighted by molar-refractivity contribution is 8.16. The summed E-state index contributed by atoms with van der Waals surface area (Å²) in [5.74, 6) is -2.95. The first kappa shape index (κ1) is 15.8. The summed E-state index contributed by atoms with van der Waals surface area (Å²) in [5.41, 5.74) is 0. The van der Waals surface area contributed by atoms with Gasteiger partial charge in [-0.25, -0.2) is 0 Å². The minimum Gasteiger partial charge on any atom is -0.316 e. The van der Waals surface area contributed by atoms with Crippen molar-refractivity contribution in [3.8, 4) is 0 Å². The van der Waals surface area contributed by atoms with Gasteiger partial charge in [0, 0.05) is 0 Å². The summed E-state index contributed by atoms with van der Waals surface area (Å²) in [4.78, 5) is 0. The van der Waals surface area contributed by atoms with Gasteiger partial charge in [-0.15, -0.1) is 0 Å². The Hall–Kier alpha value is 1.77. The summed E-state index contributed by atoms with van der Waals surface area (Å²) in [6.45, 7) is -1.67. The number of halogens is 4. The molecule has 1 heterocycles. The van der Waals surface area contributed by atoms with Crippen molar-refractivity contribution < 1.29 is 9.05 Å². The molecule has 2 unspecified atom stereocenters. The lowest BCUT2D eigenvalue weighted by atomic mass is 10.9. The summed E-state index contributed by atoms with van der Waals surface area (Å²) in [6.07, 6.45) is 0. The average Bonchev–Trinajstić information content (AvgIpc) is 1.97. The predicted octanol–water partition coefficient (Wildman–Crippen LogP) is 6.87. The number of hydrogen-bond donors (Lipinski definition) is 0. The standard InChI is InChI=1S/C4H10Cl4N3O2P3/c1-3-12-15(7)9-14(5,6)10-16(8,11-15)13-4-2/h3-4H2,1-2H3. The first-order valence-corrected chi connectivity index (χ1v) is 12.8. The maximum absolute atomic E-state index is 6.10. The summed E-state index contributed by atoms with van der Waals surface area (Å²) in [6, 6.07) is 0. The molecule has 1 rings (SSSR count). The Labute approximate surface area is 114 Å². The monoisotopic (exact) mass is 365 g/mol. The van der Waals surface area contributed by atoms with Gasteiger partial charge in [-0.1, -0.05) is 0 Å². The van der Waals surface area contributed by atoms with Gasteiger partial charge in [0.1, 0.15) is 0 Å². The molecule has 0 aromatic carbocycles. The average molecular weight is 367 g/mol. The smallest absolute Gasteiger partial charge is 0.300 e. The van der Waals surface area contributed by atoms with Gasteiger partial charge in [-0.3, -0.25) is 0 Å². The van der Waals surface area contributed by atoms with Crippen LogP contribution < -0.4 is 0 Å². The third-order valence-corrected chi connectivity index (χ3v) is 13.1. The zero-order chi connectivity index (χ0) is 12.4. The van der Waals surface area contributed by atoms with Crippen LogP contribution in [0.4, 0.5) is 0 Å². The maximum Gasteiger partial charge on any atom is 0.300 e. The van der Waals surface area contributed by atoms with Crippen LogP contribution in [0.2, 0.25) is 0 Å².